The van der Waals surface area contributed by atoms with Crippen LogP contribution >= 0.6 is 0 Å². The normalized spacial score (nSPS) is 36.9. The largest absolute Gasteiger partial charge is 0.497 e. The smallest absolute Gasteiger partial charge is 0.308 e. The van der Waals surface area contributed by atoms with Crippen molar-refractivity contribution in [3.8, 4) is 23.0 Å². The first-order valence-electron chi connectivity index (χ1n) is 15.5. The van der Waals surface area contributed by atoms with Crippen LogP contribution in [0.2, 0.25) is 0 Å². The van der Waals surface area contributed by atoms with Gasteiger partial charge in [0.1, 0.15) is 71.8 Å². The zero-order chi connectivity index (χ0) is 36.6. The standard InChI is InChI=1S/C32H40O18/c1-45-11-3-5-13(15(7-11)47-31-27(39)25(37)23(35)17(9-33)49-31)19-20(22(30(43)44)21(19)29(41)42)14-6-4-12(46-2)8-16(14)48-32-28(40)26(38)24(36)18(10-34)50-32/h3-8,17-28,31-40H,9-10H2,1-2H3,(H,41,42)(H,43,44). The number of rotatable bonds is 12. The predicted octanol–water partition coefficient (Wildman–Crippen LogP) is -2.66. The lowest BCUT2D eigenvalue weighted by Crippen LogP contribution is -2.60. The molecule has 276 valence electrons. The molecule has 3 aliphatic rings. The van der Waals surface area contributed by atoms with Gasteiger partial charge in [-0.2, -0.15) is 0 Å². The maximum absolute atomic E-state index is 12.7. The van der Waals surface area contributed by atoms with Crippen LogP contribution in [0.5, 0.6) is 23.0 Å². The molecule has 3 fully saturated rings. The minimum absolute atomic E-state index is 0.104. The number of benzene rings is 2. The third-order valence-electron chi connectivity index (χ3n) is 9.46. The summed E-state index contributed by atoms with van der Waals surface area (Å²) >= 11 is 0. The molecule has 1 aliphatic carbocycles. The van der Waals surface area contributed by atoms with Crippen LogP contribution in [0.15, 0.2) is 36.4 Å². The van der Waals surface area contributed by atoms with Gasteiger partial charge in [0.25, 0.3) is 0 Å². The Balaban J connectivity index is 1.60. The molecule has 5 rings (SSSR count). The molecule has 10 N–H and O–H groups in total. The highest BCUT2D eigenvalue weighted by Gasteiger charge is 2.60. The highest BCUT2D eigenvalue weighted by molar-refractivity contribution is 5.86. The summed E-state index contributed by atoms with van der Waals surface area (Å²) in [6.45, 7) is -1.51. The molecule has 0 spiro atoms. The first kappa shape index (κ1) is 37.4. The van der Waals surface area contributed by atoms with Gasteiger partial charge in [-0.1, -0.05) is 12.1 Å². The molecule has 2 aliphatic heterocycles. The summed E-state index contributed by atoms with van der Waals surface area (Å²) in [5.41, 5.74) is 0.208. The van der Waals surface area contributed by atoms with Gasteiger partial charge in [-0.3, -0.25) is 9.59 Å². The van der Waals surface area contributed by atoms with Crippen molar-refractivity contribution < 1.29 is 89.1 Å². The number of carbonyl (C=O) groups is 2. The van der Waals surface area contributed by atoms with Gasteiger partial charge < -0.3 is 79.5 Å². The Labute approximate surface area is 284 Å². The van der Waals surface area contributed by atoms with Gasteiger partial charge >= 0.3 is 11.9 Å². The zero-order valence-corrected chi connectivity index (χ0v) is 26.7. The Morgan fingerprint density at radius 2 is 0.960 bits per heavy atom. The Bertz CT molecular complexity index is 1400. The summed E-state index contributed by atoms with van der Waals surface area (Å²) in [5.74, 6) is -8.42. The quantitative estimate of drug-likeness (QED) is 0.107. The van der Waals surface area contributed by atoms with Crippen LogP contribution in [0, 0.1) is 11.8 Å². The van der Waals surface area contributed by atoms with E-state index in [0.29, 0.717) is 0 Å². The summed E-state index contributed by atoms with van der Waals surface area (Å²) in [7, 11) is 2.67. The number of aliphatic hydroxyl groups is 8. The summed E-state index contributed by atoms with van der Waals surface area (Å²) < 4.78 is 33.5. The van der Waals surface area contributed by atoms with Crippen molar-refractivity contribution in [2.75, 3.05) is 27.4 Å². The number of hydrogen-bond acceptors (Lipinski definition) is 16. The van der Waals surface area contributed by atoms with Crippen LogP contribution < -0.4 is 18.9 Å². The molecule has 0 bridgehead atoms. The lowest BCUT2D eigenvalue weighted by atomic mass is 9.52. The van der Waals surface area contributed by atoms with Crippen molar-refractivity contribution >= 4 is 11.9 Å². The van der Waals surface area contributed by atoms with E-state index in [-0.39, 0.29) is 34.1 Å². The Kier molecular flexibility index (Phi) is 11.4. The van der Waals surface area contributed by atoms with Gasteiger partial charge in [0.15, 0.2) is 0 Å². The van der Waals surface area contributed by atoms with Crippen LogP contribution in [0.4, 0.5) is 0 Å². The van der Waals surface area contributed by atoms with Gasteiger partial charge in [-0.15, -0.1) is 0 Å². The van der Waals surface area contributed by atoms with Crippen molar-refractivity contribution in [2.24, 2.45) is 11.8 Å². The minimum atomic E-state index is -1.84. The molecule has 50 heavy (non-hydrogen) atoms. The molecule has 1 saturated carbocycles. The maximum Gasteiger partial charge on any atom is 0.308 e. The fourth-order valence-corrected chi connectivity index (χ4v) is 6.75. The molecule has 18 heteroatoms. The van der Waals surface area contributed by atoms with Crippen molar-refractivity contribution in [3.63, 3.8) is 0 Å². The molecule has 2 saturated heterocycles. The van der Waals surface area contributed by atoms with Crippen molar-refractivity contribution in [1.29, 1.82) is 0 Å². The number of aliphatic hydroxyl groups excluding tert-OH is 8. The molecule has 2 aromatic carbocycles. The fourth-order valence-electron chi connectivity index (χ4n) is 6.75. The van der Waals surface area contributed by atoms with Crippen LogP contribution in [0.1, 0.15) is 23.0 Å². The first-order chi connectivity index (χ1) is 23.8. The summed E-state index contributed by atoms with van der Waals surface area (Å²) in [4.78, 5) is 25.4. The topological polar surface area (TPSA) is 292 Å². The van der Waals surface area contributed by atoms with Crippen molar-refractivity contribution in [1.82, 2.24) is 0 Å². The second-order valence-corrected chi connectivity index (χ2v) is 12.2. The van der Waals surface area contributed by atoms with Gasteiger partial charge in [0, 0.05) is 24.0 Å². The van der Waals surface area contributed by atoms with Gasteiger partial charge in [-0.05, 0) is 23.3 Å². The van der Waals surface area contributed by atoms with E-state index in [0.717, 1.165) is 0 Å². The molecular weight excluding hydrogens is 672 g/mol. The number of carboxylic acids is 2. The van der Waals surface area contributed by atoms with E-state index in [1.165, 1.54) is 50.6 Å². The third-order valence-corrected chi connectivity index (χ3v) is 9.46. The fraction of sp³-hybridized carbons (Fsp3) is 0.562. The first-order valence-corrected chi connectivity index (χ1v) is 15.5. The highest BCUT2D eigenvalue weighted by Crippen LogP contribution is 2.61. The van der Waals surface area contributed by atoms with Crippen LogP contribution in [-0.2, 0) is 19.1 Å². The molecule has 14 unspecified atom stereocenters. The number of hydrogen-bond donors (Lipinski definition) is 10. The Morgan fingerprint density at radius 3 is 1.26 bits per heavy atom. The predicted molar refractivity (Wildman–Crippen MR) is 163 cm³/mol. The van der Waals surface area contributed by atoms with Gasteiger partial charge in [0.05, 0.1) is 39.3 Å². The minimum Gasteiger partial charge on any atom is -0.497 e. The van der Waals surface area contributed by atoms with E-state index in [2.05, 4.69) is 0 Å². The SMILES string of the molecule is COc1ccc(C2C(C(=O)O)C(C(=O)O)C2c2ccc(OC)cc2OC2OC(CO)C(O)C(O)C2O)c(OC2OC(CO)C(O)C(O)C2O)c1. The molecule has 14 atom stereocenters. The summed E-state index contributed by atoms with van der Waals surface area (Å²) in [5, 5.41) is 102. The molecule has 18 nitrogen and oxygen atoms in total. The second-order valence-electron chi connectivity index (χ2n) is 12.2. The molecule has 2 heterocycles. The van der Waals surface area contributed by atoms with Crippen LogP contribution in [0.3, 0.4) is 0 Å². The summed E-state index contributed by atoms with van der Waals surface area (Å²) in [6.07, 6.45) is -16.7. The molecule has 0 amide bonds. The third kappa shape index (κ3) is 6.79. The number of aliphatic carboxylic acids is 2. The Morgan fingerprint density at radius 1 is 0.600 bits per heavy atom. The number of methoxy groups -OCH3 is 2. The van der Waals surface area contributed by atoms with E-state index in [9.17, 15) is 60.7 Å². The molecule has 0 aromatic heterocycles. The van der Waals surface area contributed by atoms with Crippen molar-refractivity contribution in [2.45, 2.75) is 73.2 Å². The van der Waals surface area contributed by atoms with Crippen molar-refractivity contribution in [3.05, 3.63) is 47.5 Å². The van der Waals surface area contributed by atoms with E-state index >= 15 is 0 Å². The molecular formula is C32H40O18. The average molecular weight is 713 g/mol. The second kappa shape index (κ2) is 15.2. The monoisotopic (exact) mass is 712 g/mol. The summed E-state index contributed by atoms with van der Waals surface area (Å²) in [6, 6.07) is 8.40. The lowest BCUT2D eigenvalue weighted by molar-refractivity contribution is -0.277. The molecule has 2 aromatic rings. The van der Waals surface area contributed by atoms with E-state index in [4.69, 9.17) is 28.4 Å². The number of carboxylic acid groups (broad SMARTS) is 2. The maximum atomic E-state index is 12.7. The van der Waals surface area contributed by atoms with Crippen LogP contribution in [0.25, 0.3) is 0 Å². The van der Waals surface area contributed by atoms with Crippen LogP contribution in [-0.4, -0.2) is 152 Å². The lowest BCUT2D eigenvalue weighted by Gasteiger charge is -2.49. The zero-order valence-electron chi connectivity index (χ0n) is 26.7. The van der Waals surface area contributed by atoms with E-state index in [1.807, 2.05) is 0 Å². The average Bonchev–Trinajstić information content (AvgIpc) is 3.08. The molecule has 0 radical (unpaired) electrons. The Hall–Kier alpha value is -3.82. The van der Waals surface area contributed by atoms with E-state index < -0.39 is 110 Å². The van der Waals surface area contributed by atoms with Gasteiger partial charge in [0.2, 0.25) is 12.6 Å². The van der Waals surface area contributed by atoms with E-state index in [1.54, 1.807) is 0 Å². The number of ether oxygens (including phenoxy) is 6. The highest BCUT2D eigenvalue weighted by atomic mass is 16.7. The van der Waals surface area contributed by atoms with Gasteiger partial charge in [-0.25, -0.2) is 0 Å².